The molecule has 1 aromatic carbocycles. The van der Waals surface area contributed by atoms with Crippen LogP contribution in [0, 0.1) is 10.1 Å². The number of amides is 1. The van der Waals surface area contributed by atoms with E-state index in [2.05, 4.69) is 10.4 Å². The van der Waals surface area contributed by atoms with Gasteiger partial charge in [0.2, 0.25) is 0 Å². The Balaban J connectivity index is 2.33. The van der Waals surface area contributed by atoms with E-state index >= 15 is 0 Å². The average molecular weight is 365 g/mol. The van der Waals surface area contributed by atoms with Crippen molar-refractivity contribution in [2.24, 2.45) is 0 Å². The molecule has 0 aliphatic rings. The van der Waals surface area contributed by atoms with Crippen molar-refractivity contribution in [2.45, 2.75) is 26.4 Å². The van der Waals surface area contributed by atoms with Gasteiger partial charge >= 0.3 is 6.09 Å². The van der Waals surface area contributed by atoms with Crippen LogP contribution in [0.5, 0.6) is 0 Å². The van der Waals surface area contributed by atoms with Crippen LogP contribution in [0.3, 0.4) is 0 Å². The van der Waals surface area contributed by atoms with Crippen LogP contribution in [0.4, 0.5) is 21.9 Å². The molecule has 0 atom stereocenters. The smallest absolute Gasteiger partial charge is 0.434 e. The van der Waals surface area contributed by atoms with Gasteiger partial charge < -0.3 is 4.74 Å². The number of nitro benzene ring substituents is 1. The number of carbonyl (C=O) groups excluding carboxylic acids is 1. The van der Waals surface area contributed by atoms with E-state index in [0.717, 1.165) is 5.01 Å². The fourth-order valence-electron chi connectivity index (χ4n) is 1.84. The Morgan fingerprint density at radius 1 is 1.28 bits per heavy atom. The van der Waals surface area contributed by atoms with Crippen LogP contribution in [0.25, 0.3) is 0 Å². The Labute approximate surface area is 149 Å². The van der Waals surface area contributed by atoms with Gasteiger partial charge in [-0.15, -0.1) is 0 Å². The summed E-state index contributed by atoms with van der Waals surface area (Å²) in [6.07, 6.45) is 0.797. The van der Waals surface area contributed by atoms with Gasteiger partial charge in [-0.3, -0.25) is 15.5 Å². The molecule has 0 unspecified atom stereocenters. The highest BCUT2D eigenvalue weighted by atomic mass is 35.5. The SMILES string of the molecule is CC(C)(C)OC(=O)N(Nc1ccc([N+](=O)[O-])cc1)c1cccnc1Cl. The zero-order chi connectivity index (χ0) is 18.6. The maximum atomic E-state index is 12.5. The number of carbonyl (C=O) groups is 1. The average Bonchev–Trinajstić information content (AvgIpc) is 2.52. The minimum absolute atomic E-state index is 0.0613. The van der Waals surface area contributed by atoms with E-state index in [-0.39, 0.29) is 16.5 Å². The molecule has 0 aliphatic carbocycles. The molecule has 0 bridgehead atoms. The fourth-order valence-corrected chi connectivity index (χ4v) is 2.05. The fraction of sp³-hybridized carbons (Fsp3) is 0.250. The lowest BCUT2D eigenvalue weighted by molar-refractivity contribution is -0.384. The van der Waals surface area contributed by atoms with Crippen LogP contribution in [-0.4, -0.2) is 21.6 Å². The van der Waals surface area contributed by atoms with E-state index in [1.807, 2.05) is 0 Å². The summed E-state index contributed by atoms with van der Waals surface area (Å²) in [4.78, 5) is 26.7. The zero-order valence-electron chi connectivity index (χ0n) is 13.9. The van der Waals surface area contributed by atoms with E-state index in [0.29, 0.717) is 5.69 Å². The molecule has 0 radical (unpaired) electrons. The summed E-state index contributed by atoms with van der Waals surface area (Å²) in [6.45, 7) is 5.21. The maximum absolute atomic E-state index is 12.5. The molecule has 1 N–H and O–H groups in total. The normalized spacial score (nSPS) is 10.9. The lowest BCUT2D eigenvalue weighted by atomic mass is 10.2. The van der Waals surface area contributed by atoms with Crippen LogP contribution >= 0.6 is 11.6 Å². The van der Waals surface area contributed by atoms with Gasteiger partial charge in [0.05, 0.1) is 10.6 Å². The number of anilines is 2. The number of aromatic nitrogens is 1. The minimum Gasteiger partial charge on any atom is -0.442 e. The van der Waals surface area contributed by atoms with Crippen molar-refractivity contribution in [3.63, 3.8) is 0 Å². The number of hydrogen-bond acceptors (Lipinski definition) is 6. The number of nitrogens with zero attached hydrogens (tertiary/aromatic N) is 3. The van der Waals surface area contributed by atoms with Crippen LogP contribution in [-0.2, 0) is 4.74 Å². The van der Waals surface area contributed by atoms with E-state index in [1.165, 1.54) is 30.5 Å². The molecule has 25 heavy (non-hydrogen) atoms. The first-order valence-corrected chi connectivity index (χ1v) is 7.70. The second-order valence-electron chi connectivity index (χ2n) is 6.04. The highest BCUT2D eigenvalue weighted by molar-refractivity contribution is 6.32. The molecule has 1 aromatic heterocycles. The van der Waals surface area contributed by atoms with Gasteiger partial charge in [0.25, 0.3) is 5.69 Å². The molecule has 0 fully saturated rings. The summed E-state index contributed by atoms with van der Waals surface area (Å²) in [6, 6.07) is 8.80. The predicted octanol–water partition coefficient (Wildman–Crippen LogP) is 4.41. The van der Waals surface area contributed by atoms with E-state index in [4.69, 9.17) is 16.3 Å². The third-order valence-corrected chi connectivity index (χ3v) is 3.17. The number of nitro groups is 1. The largest absolute Gasteiger partial charge is 0.442 e. The predicted molar refractivity (Wildman–Crippen MR) is 94.7 cm³/mol. The van der Waals surface area contributed by atoms with Gasteiger partial charge in [0.15, 0.2) is 5.15 Å². The van der Waals surface area contributed by atoms with Gasteiger partial charge in [0.1, 0.15) is 11.3 Å². The Bertz CT molecular complexity index is 774. The van der Waals surface area contributed by atoms with Crippen molar-refractivity contribution in [2.75, 3.05) is 10.4 Å². The second-order valence-corrected chi connectivity index (χ2v) is 6.40. The summed E-state index contributed by atoms with van der Waals surface area (Å²) in [5, 5.41) is 11.9. The van der Waals surface area contributed by atoms with Gasteiger partial charge in [-0.05, 0) is 45.0 Å². The summed E-state index contributed by atoms with van der Waals surface area (Å²) in [7, 11) is 0. The Kier molecular flexibility index (Phi) is 5.43. The highest BCUT2D eigenvalue weighted by Crippen LogP contribution is 2.26. The molecular weight excluding hydrogens is 348 g/mol. The Morgan fingerprint density at radius 3 is 2.44 bits per heavy atom. The van der Waals surface area contributed by atoms with Crippen LogP contribution in [0.15, 0.2) is 42.6 Å². The van der Waals surface area contributed by atoms with Crippen molar-refractivity contribution >= 4 is 34.8 Å². The molecule has 8 nitrogen and oxygen atoms in total. The number of halogens is 1. The van der Waals surface area contributed by atoms with E-state index < -0.39 is 16.6 Å². The molecule has 0 saturated heterocycles. The quantitative estimate of drug-likeness (QED) is 0.490. The van der Waals surface area contributed by atoms with Crippen molar-refractivity contribution in [3.8, 4) is 0 Å². The molecule has 0 saturated carbocycles. The first-order valence-electron chi connectivity index (χ1n) is 7.32. The number of hydrogen-bond donors (Lipinski definition) is 1. The Hall–Kier alpha value is -2.87. The van der Waals surface area contributed by atoms with Crippen molar-refractivity contribution in [3.05, 3.63) is 57.9 Å². The van der Waals surface area contributed by atoms with Crippen molar-refractivity contribution < 1.29 is 14.5 Å². The molecule has 2 rings (SSSR count). The van der Waals surface area contributed by atoms with Gasteiger partial charge in [-0.2, -0.15) is 5.01 Å². The number of pyridine rings is 1. The number of rotatable bonds is 4. The van der Waals surface area contributed by atoms with E-state index in [9.17, 15) is 14.9 Å². The van der Waals surface area contributed by atoms with Gasteiger partial charge in [0, 0.05) is 18.3 Å². The number of benzene rings is 1. The monoisotopic (exact) mass is 364 g/mol. The summed E-state index contributed by atoms with van der Waals surface area (Å²) < 4.78 is 5.37. The lowest BCUT2D eigenvalue weighted by Gasteiger charge is -2.28. The lowest BCUT2D eigenvalue weighted by Crippen LogP contribution is -2.41. The molecule has 0 spiro atoms. The van der Waals surface area contributed by atoms with Crippen LogP contribution in [0.2, 0.25) is 5.15 Å². The molecule has 1 heterocycles. The first-order chi connectivity index (χ1) is 11.7. The Morgan fingerprint density at radius 2 is 1.92 bits per heavy atom. The standard InChI is InChI=1S/C16H17ClN4O4/c1-16(2,3)25-15(22)20(13-5-4-10-18-14(13)17)19-11-6-8-12(9-7-11)21(23)24/h4-10,19H,1-3H3. The summed E-state index contributed by atoms with van der Waals surface area (Å²) in [5.41, 5.74) is 2.78. The third kappa shape index (κ3) is 5.05. The van der Waals surface area contributed by atoms with Gasteiger partial charge in [-0.25, -0.2) is 9.78 Å². The molecule has 0 aliphatic heterocycles. The van der Waals surface area contributed by atoms with Crippen LogP contribution in [0.1, 0.15) is 20.8 Å². The molecule has 2 aromatic rings. The number of hydrazine groups is 1. The minimum atomic E-state index is -0.721. The summed E-state index contributed by atoms with van der Waals surface area (Å²) in [5.74, 6) is 0. The molecule has 132 valence electrons. The second kappa shape index (κ2) is 7.35. The first kappa shape index (κ1) is 18.5. The topological polar surface area (TPSA) is 97.6 Å². The van der Waals surface area contributed by atoms with Crippen molar-refractivity contribution in [1.29, 1.82) is 0 Å². The highest BCUT2D eigenvalue weighted by Gasteiger charge is 2.25. The number of non-ortho nitro benzene ring substituents is 1. The summed E-state index contributed by atoms with van der Waals surface area (Å²) >= 11 is 6.08. The van der Waals surface area contributed by atoms with E-state index in [1.54, 1.807) is 32.9 Å². The molecule has 9 heteroatoms. The number of ether oxygens (including phenoxy) is 1. The molecule has 1 amide bonds. The van der Waals surface area contributed by atoms with Crippen LogP contribution < -0.4 is 10.4 Å². The number of nitrogens with one attached hydrogen (secondary N) is 1. The maximum Gasteiger partial charge on any atom is 0.434 e. The van der Waals surface area contributed by atoms with Crippen molar-refractivity contribution in [1.82, 2.24) is 4.98 Å². The van der Waals surface area contributed by atoms with Gasteiger partial charge in [-0.1, -0.05) is 11.6 Å². The zero-order valence-corrected chi connectivity index (χ0v) is 14.6. The molecular formula is C16H17ClN4O4. The third-order valence-electron chi connectivity index (χ3n) is 2.88.